The Morgan fingerprint density at radius 3 is 2.76 bits per heavy atom. The fourth-order valence-electron chi connectivity index (χ4n) is 3.77. The summed E-state index contributed by atoms with van der Waals surface area (Å²) in [6, 6.07) is 10.5. The second-order valence-electron chi connectivity index (χ2n) is 7.13. The molecule has 5 nitrogen and oxygen atoms in total. The second-order valence-corrected chi connectivity index (χ2v) is 7.13. The Balaban J connectivity index is 1.41. The molecule has 0 aromatic heterocycles. The molecule has 25 heavy (non-hydrogen) atoms. The third kappa shape index (κ3) is 5.21. The molecule has 0 aliphatic carbocycles. The van der Waals surface area contributed by atoms with E-state index in [1.54, 1.807) is 0 Å². The van der Waals surface area contributed by atoms with E-state index in [0.29, 0.717) is 18.9 Å². The molecule has 0 radical (unpaired) electrons. The number of carbonyl (C=O) groups excluding carboxylic acids is 2. The van der Waals surface area contributed by atoms with E-state index in [1.807, 2.05) is 28.0 Å². The summed E-state index contributed by atoms with van der Waals surface area (Å²) in [4.78, 5) is 28.2. The van der Waals surface area contributed by atoms with Crippen LogP contribution in [0.3, 0.4) is 0 Å². The highest BCUT2D eigenvalue weighted by Gasteiger charge is 2.24. The van der Waals surface area contributed by atoms with E-state index in [4.69, 9.17) is 0 Å². The van der Waals surface area contributed by atoms with Gasteiger partial charge >= 0.3 is 0 Å². The zero-order chi connectivity index (χ0) is 17.5. The Hall–Kier alpha value is -2.04. The van der Waals surface area contributed by atoms with Crippen molar-refractivity contribution in [1.82, 2.24) is 9.80 Å². The molecule has 2 aliphatic heterocycles. The van der Waals surface area contributed by atoms with Crippen molar-refractivity contribution in [3.05, 3.63) is 30.3 Å². The summed E-state index contributed by atoms with van der Waals surface area (Å²) in [5.74, 6) is 0.479. The number of carbonyl (C=O) groups is 2. The van der Waals surface area contributed by atoms with Crippen LogP contribution in [0.15, 0.2) is 30.3 Å². The molecule has 1 atom stereocenters. The van der Waals surface area contributed by atoms with Crippen LogP contribution in [0.2, 0.25) is 0 Å². The molecule has 136 valence electrons. The van der Waals surface area contributed by atoms with Crippen LogP contribution in [0.1, 0.15) is 44.9 Å². The number of nitrogens with one attached hydrogen (secondary N) is 1. The van der Waals surface area contributed by atoms with Gasteiger partial charge in [0.25, 0.3) is 0 Å². The van der Waals surface area contributed by atoms with Gasteiger partial charge in [-0.25, -0.2) is 0 Å². The maximum Gasteiger partial charge on any atom is 0.222 e. The molecule has 2 saturated heterocycles. The average Bonchev–Trinajstić information content (AvgIpc) is 2.64. The summed E-state index contributed by atoms with van der Waals surface area (Å²) in [6.45, 7) is 3.22. The highest BCUT2D eigenvalue weighted by Crippen LogP contribution is 2.17. The molecule has 0 bridgehead atoms. The van der Waals surface area contributed by atoms with Crippen molar-refractivity contribution < 1.29 is 9.59 Å². The minimum Gasteiger partial charge on any atom is -0.381 e. The Bertz CT molecular complexity index is 576. The Labute approximate surface area is 150 Å². The maximum absolute atomic E-state index is 12.5. The van der Waals surface area contributed by atoms with E-state index in [0.717, 1.165) is 64.0 Å². The van der Waals surface area contributed by atoms with E-state index < -0.39 is 0 Å². The topological polar surface area (TPSA) is 52.7 Å². The number of anilines is 1. The molecule has 1 aromatic rings. The predicted octanol–water partition coefficient (Wildman–Crippen LogP) is 2.88. The lowest BCUT2D eigenvalue weighted by Crippen LogP contribution is -2.45. The first-order chi connectivity index (χ1) is 12.2. The van der Waals surface area contributed by atoms with E-state index in [9.17, 15) is 9.59 Å². The van der Waals surface area contributed by atoms with Crippen LogP contribution in [-0.2, 0) is 9.59 Å². The van der Waals surface area contributed by atoms with Gasteiger partial charge in [0, 0.05) is 50.7 Å². The number of piperidine rings is 2. The van der Waals surface area contributed by atoms with Gasteiger partial charge < -0.3 is 15.1 Å². The van der Waals surface area contributed by atoms with Crippen molar-refractivity contribution in [2.45, 2.75) is 51.0 Å². The summed E-state index contributed by atoms with van der Waals surface area (Å²) in [6.07, 6.45) is 6.24. The molecular formula is C20H29N3O2. The van der Waals surface area contributed by atoms with Gasteiger partial charge in [-0.15, -0.1) is 0 Å². The number of para-hydroxylation sites is 1. The molecular weight excluding hydrogens is 314 g/mol. The largest absolute Gasteiger partial charge is 0.381 e. The fraction of sp³-hybridized carbons (Fsp3) is 0.600. The fourth-order valence-corrected chi connectivity index (χ4v) is 3.77. The van der Waals surface area contributed by atoms with Gasteiger partial charge in [-0.2, -0.15) is 0 Å². The number of nitrogens with zero attached hydrogens (tertiary/aromatic N) is 2. The van der Waals surface area contributed by atoms with Gasteiger partial charge in [0.1, 0.15) is 0 Å². The lowest BCUT2D eigenvalue weighted by molar-refractivity contribution is -0.135. The number of hydrogen-bond acceptors (Lipinski definition) is 3. The number of benzene rings is 1. The zero-order valence-electron chi connectivity index (χ0n) is 15.0. The van der Waals surface area contributed by atoms with Crippen LogP contribution < -0.4 is 5.32 Å². The third-order valence-corrected chi connectivity index (χ3v) is 5.16. The quantitative estimate of drug-likeness (QED) is 0.864. The van der Waals surface area contributed by atoms with E-state index in [-0.39, 0.29) is 11.8 Å². The lowest BCUT2D eigenvalue weighted by Gasteiger charge is -2.34. The summed E-state index contributed by atoms with van der Waals surface area (Å²) in [5, 5.41) is 3.53. The number of amides is 2. The van der Waals surface area contributed by atoms with Crippen molar-refractivity contribution in [2.75, 3.05) is 31.5 Å². The van der Waals surface area contributed by atoms with Gasteiger partial charge in [0.05, 0.1) is 0 Å². The van der Waals surface area contributed by atoms with Crippen LogP contribution in [-0.4, -0.2) is 53.8 Å². The van der Waals surface area contributed by atoms with Gasteiger partial charge in [-0.1, -0.05) is 18.2 Å². The van der Waals surface area contributed by atoms with Gasteiger partial charge in [-0.05, 0) is 44.2 Å². The minimum absolute atomic E-state index is 0.226. The minimum atomic E-state index is 0.226. The Morgan fingerprint density at radius 2 is 1.96 bits per heavy atom. The molecule has 2 heterocycles. The third-order valence-electron chi connectivity index (χ3n) is 5.16. The van der Waals surface area contributed by atoms with E-state index in [1.165, 1.54) is 0 Å². The molecule has 2 fully saturated rings. The predicted molar refractivity (Wildman–Crippen MR) is 99.3 cm³/mol. The van der Waals surface area contributed by atoms with Crippen LogP contribution in [0.4, 0.5) is 5.69 Å². The van der Waals surface area contributed by atoms with Crippen molar-refractivity contribution in [3.63, 3.8) is 0 Å². The number of rotatable bonds is 6. The second kappa shape index (κ2) is 8.88. The first-order valence-electron chi connectivity index (χ1n) is 9.59. The monoisotopic (exact) mass is 343 g/mol. The molecule has 5 heteroatoms. The van der Waals surface area contributed by atoms with Crippen molar-refractivity contribution in [2.24, 2.45) is 0 Å². The molecule has 1 N–H and O–H groups in total. The number of hydrogen-bond donors (Lipinski definition) is 1. The molecule has 0 saturated carbocycles. The summed E-state index contributed by atoms with van der Waals surface area (Å²) in [7, 11) is 0. The summed E-state index contributed by atoms with van der Waals surface area (Å²) in [5.41, 5.74) is 1.12. The molecule has 3 rings (SSSR count). The van der Waals surface area contributed by atoms with Gasteiger partial charge in [-0.3, -0.25) is 9.59 Å². The van der Waals surface area contributed by atoms with Crippen molar-refractivity contribution in [1.29, 1.82) is 0 Å². The maximum atomic E-state index is 12.5. The Morgan fingerprint density at radius 1 is 1.12 bits per heavy atom. The first kappa shape index (κ1) is 17.8. The molecule has 1 aromatic carbocycles. The van der Waals surface area contributed by atoms with E-state index >= 15 is 0 Å². The summed E-state index contributed by atoms with van der Waals surface area (Å²) >= 11 is 0. The Kier molecular flexibility index (Phi) is 6.31. The van der Waals surface area contributed by atoms with Crippen LogP contribution in [0.25, 0.3) is 0 Å². The standard InChI is InChI=1S/C20H29N3O2/c24-19-11-4-5-13-22(19)14-7-12-20(25)23-15-6-10-18(16-23)21-17-8-2-1-3-9-17/h1-3,8-9,18,21H,4-7,10-16H2/t18-/m1/s1. The van der Waals surface area contributed by atoms with E-state index in [2.05, 4.69) is 17.4 Å². The van der Waals surface area contributed by atoms with Gasteiger partial charge in [0.15, 0.2) is 0 Å². The van der Waals surface area contributed by atoms with Crippen LogP contribution >= 0.6 is 0 Å². The van der Waals surface area contributed by atoms with Crippen molar-refractivity contribution >= 4 is 17.5 Å². The summed E-state index contributed by atoms with van der Waals surface area (Å²) < 4.78 is 0. The average molecular weight is 343 g/mol. The van der Waals surface area contributed by atoms with Crippen LogP contribution in [0.5, 0.6) is 0 Å². The number of likely N-dealkylation sites (tertiary alicyclic amines) is 2. The van der Waals surface area contributed by atoms with Crippen molar-refractivity contribution in [3.8, 4) is 0 Å². The zero-order valence-corrected chi connectivity index (χ0v) is 15.0. The highest BCUT2D eigenvalue weighted by atomic mass is 16.2. The molecule has 2 aliphatic rings. The SMILES string of the molecule is O=C1CCCCN1CCCC(=O)N1CCC[C@@H](Nc2ccccc2)C1. The molecule has 2 amide bonds. The highest BCUT2D eigenvalue weighted by molar-refractivity contribution is 5.77. The molecule has 0 unspecified atom stereocenters. The lowest BCUT2D eigenvalue weighted by atomic mass is 10.0. The smallest absolute Gasteiger partial charge is 0.222 e. The normalized spacial score (nSPS) is 21.3. The molecule has 0 spiro atoms. The first-order valence-corrected chi connectivity index (χ1v) is 9.59. The van der Waals surface area contributed by atoms with Crippen LogP contribution in [0, 0.1) is 0 Å². The van der Waals surface area contributed by atoms with Gasteiger partial charge in [0.2, 0.25) is 11.8 Å².